The van der Waals surface area contributed by atoms with E-state index in [9.17, 15) is 9.59 Å². The summed E-state index contributed by atoms with van der Waals surface area (Å²) >= 11 is 0. The van der Waals surface area contributed by atoms with Crippen molar-refractivity contribution in [3.8, 4) is 5.75 Å². The molecule has 0 saturated carbocycles. The summed E-state index contributed by atoms with van der Waals surface area (Å²) in [5, 5.41) is 0. The van der Waals surface area contributed by atoms with Gasteiger partial charge in [0.1, 0.15) is 11.4 Å². The Balaban J connectivity index is 2.85. The molecule has 25 heavy (non-hydrogen) atoms. The van der Waals surface area contributed by atoms with E-state index in [2.05, 4.69) is 0 Å². The molecule has 1 amide bonds. The SMILES string of the molecule is COC(=O)C[C@@H](C)CN(Cc1ccc(OC)cc1)C(=O)OC(C)(C)C. The van der Waals surface area contributed by atoms with E-state index in [-0.39, 0.29) is 18.3 Å². The number of hydrogen-bond acceptors (Lipinski definition) is 5. The van der Waals surface area contributed by atoms with Gasteiger partial charge in [-0.15, -0.1) is 0 Å². The molecule has 1 atom stereocenters. The first-order valence-electron chi connectivity index (χ1n) is 8.32. The lowest BCUT2D eigenvalue weighted by Crippen LogP contribution is -2.39. The van der Waals surface area contributed by atoms with Gasteiger partial charge in [-0.3, -0.25) is 4.79 Å². The summed E-state index contributed by atoms with van der Waals surface area (Å²) in [5.41, 5.74) is 0.373. The molecule has 0 unspecified atom stereocenters. The first kappa shape index (κ1) is 20.8. The van der Waals surface area contributed by atoms with Gasteiger partial charge in [-0.05, 0) is 44.4 Å². The molecule has 0 spiro atoms. The van der Waals surface area contributed by atoms with Crippen LogP contribution in [0.5, 0.6) is 5.75 Å². The van der Waals surface area contributed by atoms with Gasteiger partial charge in [0.05, 0.1) is 14.2 Å². The number of amides is 1. The van der Waals surface area contributed by atoms with Crippen LogP contribution in [0.2, 0.25) is 0 Å². The molecule has 6 heteroatoms. The maximum Gasteiger partial charge on any atom is 0.410 e. The number of esters is 1. The smallest absolute Gasteiger partial charge is 0.410 e. The van der Waals surface area contributed by atoms with Gasteiger partial charge >= 0.3 is 12.1 Å². The third kappa shape index (κ3) is 7.92. The van der Waals surface area contributed by atoms with E-state index in [0.29, 0.717) is 13.1 Å². The second-order valence-electron chi connectivity index (χ2n) is 7.09. The number of methoxy groups -OCH3 is 2. The largest absolute Gasteiger partial charge is 0.497 e. The zero-order valence-corrected chi connectivity index (χ0v) is 16.0. The molecule has 140 valence electrons. The number of hydrogen-bond donors (Lipinski definition) is 0. The average Bonchev–Trinajstić information content (AvgIpc) is 2.53. The van der Waals surface area contributed by atoms with Crippen LogP contribution in [0.15, 0.2) is 24.3 Å². The molecule has 0 aromatic heterocycles. The Morgan fingerprint density at radius 3 is 2.20 bits per heavy atom. The van der Waals surface area contributed by atoms with Gasteiger partial charge in [0.15, 0.2) is 0 Å². The number of nitrogens with zero attached hydrogens (tertiary/aromatic N) is 1. The van der Waals surface area contributed by atoms with Crippen LogP contribution in [-0.4, -0.2) is 43.3 Å². The molecular weight excluding hydrogens is 322 g/mol. The van der Waals surface area contributed by atoms with E-state index >= 15 is 0 Å². The van der Waals surface area contributed by atoms with Crippen molar-refractivity contribution in [2.45, 2.75) is 46.3 Å². The number of benzene rings is 1. The second kappa shape index (κ2) is 9.30. The summed E-state index contributed by atoms with van der Waals surface area (Å²) in [6.45, 7) is 8.18. The van der Waals surface area contributed by atoms with Gasteiger partial charge in [0, 0.05) is 19.5 Å². The minimum atomic E-state index is -0.583. The molecular formula is C19H29NO5. The van der Waals surface area contributed by atoms with Crippen LogP contribution in [0.25, 0.3) is 0 Å². The number of carbonyl (C=O) groups is 2. The highest BCUT2D eigenvalue weighted by atomic mass is 16.6. The summed E-state index contributed by atoms with van der Waals surface area (Å²) in [7, 11) is 2.97. The van der Waals surface area contributed by atoms with Gasteiger partial charge < -0.3 is 19.1 Å². The zero-order valence-electron chi connectivity index (χ0n) is 16.0. The Morgan fingerprint density at radius 2 is 1.72 bits per heavy atom. The maximum absolute atomic E-state index is 12.5. The van der Waals surface area contributed by atoms with E-state index in [4.69, 9.17) is 14.2 Å². The minimum absolute atomic E-state index is 0.0433. The normalized spacial score (nSPS) is 12.2. The Morgan fingerprint density at radius 1 is 1.12 bits per heavy atom. The lowest BCUT2D eigenvalue weighted by molar-refractivity contribution is -0.141. The Kier molecular flexibility index (Phi) is 7.74. The Labute approximate surface area is 150 Å². The lowest BCUT2D eigenvalue weighted by Gasteiger charge is -2.29. The van der Waals surface area contributed by atoms with Gasteiger partial charge in [0.25, 0.3) is 0 Å². The van der Waals surface area contributed by atoms with Crippen LogP contribution in [0, 0.1) is 5.92 Å². The fourth-order valence-corrected chi connectivity index (χ4v) is 2.29. The van der Waals surface area contributed by atoms with E-state index < -0.39 is 11.7 Å². The van der Waals surface area contributed by atoms with Crippen molar-refractivity contribution in [2.75, 3.05) is 20.8 Å². The molecule has 0 aliphatic carbocycles. The van der Waals surface area contributed by atoms with Crippen molar-refractivity contribution < 1.29 is 23.8 Å². The molecule has 1 aromatic rings. The van der Waals surface area contributed by atoms with E-state index in [1.54, 1.807) is 12.0 Å². The van der Waals surface area contributed by atoms with Crippen molar-refractivity contribution in [1.29, 1.82) is 0 Å². The van der Waals surface area contributed by atoms with Gasteiger partial charge in [-0.25, -0.2) is 4.79 Å². The van der Waals surface area contributed by atoms with Crippen LogP contribution in [0.4, 0.5) is 4.79 Å². The topological polar surface area (TPSA) is 65.1 Å². The Hall–Kier alpha value is -2.24. The second-order valence-corrected chi connectivity index (χ2v) is 7.09. The average molecular weight is 351 g/mol. The van der Waals surface area contributed by atoms with Gasteiger partial charge in [-0.2, -0.15) is 0 Å². The van der Waals surface area contributed by atoms with Crippen LogP contribution >= 0.6 is 0 Å². The highest BCUT2D eigenvalue weighted by molar-refractivity contribution is 5.70. The van der Waals surface area contributed by atoms with E-state index in [1.165, 1.54) is 7.11 Å². The number of ether oxygens (including phenoxy) is 3. The molecule has 0 aliphatic rings. The van der Waals surface area contributed by atoms with E-state index in [1.807, 2.05) is 52.0 Å². The number of rotatable bonds is 7. The minimum Gasteiger partial charge on any atom is -0.497 e. The fourth-order valence-electron chi connectivity index (χ4n) is 2.29. The third-order valence-electron chi connectivity index (χ3n) is 3.46. The summed E-state index contributed by atoms with van der Waals surface area (Å²) in [6, 6.07) is 7.50. The van der Waals surface area contributed by atoms with Crippen molar-refractivity contribution in [3.05, 3.63) is 29.8 Å². The molecule has 0 saturated heterocycles. The first-order valence-corrected chi connectivity index (χ1v) is 8.32. The zero-order chi connectivity index (χ0) is 19.0. The molecule has 6 nitrogen and oxygen atoms in total. The van der Waals surface area contributed by atoms with Gasteiger partial charge in [-0.1, -0.05) is 19.1 Å². The predicted molar refractivity (Wildman–Crippen MR) is 95.4 cm³/mol. The molecule has 0 bridgehead atoms. The first-order chi connectivity index (χ1) is 11.6. The van der Waals surface area contributed by atoms with Crippen LogP contribution < -0.4 is 4.74 Å². The molecule has 0 aliphatic heterocycles. The van der Waals surface area contributed by atoms with Gasteiger partial charge in [0.2, 0.25) is 0 Å². The molecule has 0 fully saturated rings. The lowest BCUT2D eigenvalue weighted by atomic mass is 10.1. The number of carbonyl (C=O) groups excluding carboxylic acids is 2. The van der Waals surface area contributed by atoms with Crippen molar-refractivity contribution in [2.24, 2.45) is 5.92 Å². The molecule has 1 rings (SSSR count). The monoisotopic (exact) mass is 351 g/mol. The van der Waals surface area contributed by atoms with Crippen molar-refractivity contribution in [3.63, 3.8) is 0 Å². The van der Waals surface area contributed by atoms with Crippen LogP contribution in [0.3, 0.4) is 0 Å². The maximum atomic E-state index is 12.5. The van der Waals surface area contributed by atoms with Crippen LogP contribution in [0.1, 0.15) is 39.7 Å². The standard InChI is InChI=1S/C19H29NO5/c1-14(11-17(21)24-6)12-20(18(22)25-19(2,3)4)13-15-7-9-16(23-5)10-8-15/h7-10,14H,11-13H2,1-6H3/t14-/m1/s1. The fraction of sp³-hybridized carbons (Fsp3) is 0.579. The third-order valence-corrected chi connectivity index (χ3v) is 3.46. The summed E-state index contributed by atoms with van der Waals surface area (Å²) in [6.07, 6.45) is -0.154. The highest BCUT2D eigenvalue weighted by Crippen LogP contribution is 2.18. The van der Waals surface area contributed by atoms with Crippen molar-refractivity contribution in [1.82, 2.24) is 4.90 Å². The summed E-state index contributed by atoms with van der Waals surface area (Å²) in [4.78, 5) is 25.6. The highest BCUT2D eigenvalue weighted by Gasteiger charge is 2.24. The molecule has 1 aromatic carbocycles. The molecule has 0 N–H and O–H groups in total. The van der Waals surface area contributed by atoms with Crippen molar-refractivity contribution >= 4 is 12.1 Å². The quantitative estimate of drug-likeness (QED) is 0.702. The van der Waals surface area contributed by atoms with Crippen LogP contribution in [-0.2, 0) is 20.8 Å². The molecule has 0 heterocycles. The van der Waals surface area contributed by atoms with E-state index in [0.717, 1.165) is 11.3 Å². The summed E-state index contributed by atoms with van der Waals surface area (Å²) in [5.74, 6) is 0.422. The Bertz CT molecular complexity index is 562. The molecule has 0 radical (unpaired) electrons. The predicted octanol–water partition coefficient (Wildman–Crippen LogP) is 3.63. The summed E-state index contributed by atoms with van der Waals surface area (Å²) < 4.78 is 15.3.